The molecule has 0 bridgehead atoms. The van der Waals surface area contributed by atoms with Crippen LogP contribution in [0.25, 0.3) is 0 Å². The molecular formula is C14H17ClN4O. The number of benzene rings is 1. The first-order valence-corrected chi connectivity index (χ1v) is 6.66. The number of ether oxygens (including phenoxy) is 1. The average Bonchev–Trinajstić information content (AvgIpc) is 2.41. The first kappa shape index (κ1) is 14.6. The molecule has 0 amide bonds. The van der Waals surface area contributed by atoms with E-state index >= 15 is 0 Å². The normalized spacial score (nSPS) is 10.7. The second-order valence-corrected chi connectivity index (χ2v) is 5.19. The third kappa shape index (κ3) is 3.00. The monoisotopic (exact) mass is 292 g/mol. The summed E-state index contributed by atoms with van der Waals surface area (Å²) in [5.74, 6) is 7.42. The number of aryl methyl sites for hydroxylation is 1. The molecule has 5 nitrogen and oxygen atoms in total. The maximum atomic E-state index is 5.94. The molecule has 0 fully saturated rings. The van der Waals surface area contributed by atoms with Crippen LogP contribution in [0, 0.1) is 6.92 Å². The Morgan fingerprint density at radius 3 is 2.65 bits per heavy atom. The minimum Gasteiger partial charge on any atom is -0.438 e. The van der Waals surface area contributed by atoms with E-state index in [1.165, 1.54) is 6.33 Å². The van der Waals surface area contributed by atoms with Crippen LogP contribution in [0.15, 0.2) is 24.5 Å². The fourth-order valence-corrected chi connectivity index (χ4v) is 2.15. The Labute approximate surface area is 123 Å². The van der Waals surface area contributed by atoms with Gasteiger partial charge < -0.3 is 10.2 Å². The second kappa shape index (κ2) is 6.07. The molecule has 1 aromatic heterocycles. The first-order valence-electron chi connectivity index (χ1n) is 6.28. The molecule has 0 saturated heterocycles. The Morgan fingerprint density at radius 1 is 1.30 bits per heavy atom. The molecule has 0 spiro atoms. The van der Waals surface area contributed by atoms with Crippen molar-refractivity contribution in [2.24, 2.45) is 5.84 Å². The highest BCUT2D eigenvalue weighted by atomic mass is 35.5. The smallest absolute Gasteiger partial charge is 0.227 e. The minimum atomic E-state index is 0.171. The number of anilines is 1. The third-order valence-corrected chi connectivity index (χ3v) is 3.14. The second-order valence-electron chi connectivity index (χ2n) is 4.75. The number of nitrogen functional groups attached to an aromatic ring is 1. The Bertz CT molecular complexity index is 616. The van der Waals surface area contributed by atoms with Crippen LogP contribution in [0.3, 0.4) is 0 Å². The molecule has 0 atom stereocenters. The van der Waals surface area contributed by atoms with Gasteiger partial charge >= 0.3 is 0 Å². The highest BCUT2D eigenvalue weighted by Gasteiger charge is 2.17. The number of nitrogens with one attached hydrogen (secondary N) is 1. The summed E-state index contributed by atoms with van der Waals surface area (Å²) in [5.41, 5.74) is 4.35. The number of halogens is 1. The zero-order valence-corrected chi connectivity index (χ0v) is 12.4. The van der Waals surface area contributed by atoms with Gasteiger partial charge in [0.05, 0.1) is 5.56 Å². The van der Waals surface area contributed by atoms with Crippen LogP contribution in [0.1, 0.15) is 30.9 Å². The maximum absolute atomic E-state index is 5.94. The van der Waals surface area contributed by atoms with Crippen LogP contribution < -0.4 is 16.0 Å². The van der Waals surface area contributed by atoms with Gasteiger partial charge in [0.25, 0.3) is 0 Å². The number of nitrogens with two attached hydrogens (primary N) is 1. The highest BCUT2D eigenvalue weighted by molar-refractivity contribution is 6.30. The van der Waals surface area contributed by atoms with E-state index in [2.05, 4.69) is 15.4 Å². The van der Waals surface area contributed by atoms with Crippen molar-refractivity contribution in [3.05, 3.63) is 40.7 Å². The summed E-state index contributed by atoms with van der Waals surface area (Å²) in [6.45, 7) is 5.99. The van der Waals surface area contributed by atoms with Crippen molar-refractivity contribution in [3.63, 3.8) is 0 Å². The quantitative estimate of drug-likeness (QED) is 0.665. The predicted molar refractivity (Wildman–Crippen MR) is 80.2 cm³/mol. The van der Waals surface area contributed by atoms with E-state index in [1.54, 1.807) is 6.07 Å². The first-order chi connectivity index (χ1) is 9.52. The summed E-state index contributed by atoms with van der Waals surface area (Å²) >= 11 is 5.94. The molecule has 106 valence electrons. The lowest BCUT2D eigenvalue weighted by Crippen LogP contribution is -2.13. The molecule has 0 aliphatic carbocycles. The van der Waals surface area contributed by atoms with Crippen molar-refractivity contribution in [1.82, 2.24) is 9.97 Å². The fraction of sp³-hybridized carbons (Fsp3) is 0.286. The van der Waals surface area contributed by atoms with E-state index in [1.807, 2.05) is 32.9 Å². The highest BCUT2D eigenvalue weighted by Crippen LogP contribution is 2.34. The lowest BCUT2D eigenvalue weighted by molar-refractivity contribution is 0.448. The number of hydrogen-bond donors (Lipinski definition) is 2. The molecule has 1 heterocycles. The van der Waals surface area contributed by atoms with Crippen molar-refractivity contribution < 1.29 is 4.74 Å². The summed E-state index contributed by atoms with van der Waals surface area (Å²) in [6.07, 6.45) is 1.42. The molecule has 3 N–H and O–H groups in total. The van der Waals surface area contributed by atoms with Gasteiger partial charge in [0, 0.05) is 5.02 Å². The predicted octanol–water partition coefficient (Wildman–Crippen LogP) is 3.64. The summed E-state index contributed by atoms with van der Waals surface area (Å²) in [7, 11) is 0. The molecule has 0 unspecified atom stereocenters. The molecule has 2 aromatic rings. The lowest BCUT2D eigenvalue weighted by atomic mass is 10.1. The Balaban J connectivity index is 2.43. The molecule has 0 saturated carbocycles. The van der Waals surface area contributed by atoms with Crippen LogP contribution in [-0.4, -0.2) is 9.97 Å². The van der Waals surface area contributed by atoms with Crippen molar-refractivity contribution in [2.45, 2.75) is 26.7 Å². The summed E-state index contributed by atoms with van der Waals surface area (Å²) in [6, 6.07) is 5.44. The largest absolute Gasteiger partial charge is 0.438 e. The van der Waals surface area contributed by atoms with Crippen LogP contribution >= 0.6 is 11.6 Å². The Hall–Kier alpha value is -1.85. The zero-order valence-electron chi connectivity index (χ0n) is 11.6. The van der Waals surface area contributed by atoms with Crippen LogP contribution in [0.2, 0.25) is 5.02 Å². The van der Waals surface area contributed by atoms with Crippen molar-refractivity contribution >= 4 is 17.4 Å². The van der Waals surface area contributed by atoms with Gasteiger partial charge in [0.2, 0.25) is 5.88 Å². The van der Waals surface area contributed by atoms with Gasteiger partial charge in [-0.15, -0.1) is 0 Å². The third-order valence-electron chi connectivity index (χ3n) is 2.91. The molecule has 0 aliphatic heterocycles. The average molecular weight is 293 g/mol. The number of nitrogens with zero attached hydrogens (tertiary/aromatic N) is 2. The van der Waals surface area contributed by atoms with Crippen molar-refractivity contribution in [3.8, 4) is 11.6 Å². The SMILES string of the molecule is Cc1cc(Cl)ccc1Oc1ncnc(NN)c1C(C)C. The van der Waals surface area contributed by atoms with Gasteiger partial charge in [-0.25, -0.2) is 15.8 Å². The van der Waals surface area contributed by atoms with Gasteiger partial charge in [-0.3, -0.25) is 0 Å². The molecule has 2 rings (SSSR count). The molecule has 6 heteroatoms. The van der Waals surface area contributed by atoms with E-state index < -0.39 is 0 Å². The Morgan fingerprint density at radius 2 is 2.05 bits per heavy atom. The Kier molecular flexibility index (Phi) is 4.42. The topological polar surface area (TPSA) is 73.1 Å². The van der Waals surface area contributed by atoms with Gasteiger partial charge in [0.15, 0.2) is 5.82 Å². The standard InChI is InChI=1S/C14H17ClN4O/c1-8(2)12-13(19-16)17-7-18-14(12)20-11-5-4-10(15)6-9(11)3/h4-8H,16H2,1-3H3,(H,17,18,19). The van der Waals surface area contributed by atoms with Crippen LogP contribution in [0.4, 0.5) is 5.82 Å². The van der Waals surface area contributed by atoms with E-state index in [-0.39, 0.29) is 5.92 Å². The van der Waals surface area contributed by atoms with Crippen LogP contribution in [-0.2, 0) is 0 Å². The number of aromatic nitrogens is 2. The summed E-state index contributed by atoms with van der Waals surface area (Å²) < 4.78 is 5.89. The summed E-state index contributed by atoms with van der Waals surface area (Å²) in [5, 5.41) is 0.672. The van der Waals surface area contributed by atoms with Gasteiger partial charge in [-0.1, -0.05) is 25.4 Å². The van der Waals surface area contributed by atoms with Crippen molar-refractivity contribution in [1.29, 1.82) is 0 Å². The molecular weight excluding hydrogens is 276 g/mol. The number of rotatable bonds is 4. The molecule has 20 heavy (non-hydrogen) atoms. The number of hydrazine groups is 1. The zero-order chi connectivity index (χ0) is 14.7. The van der Waals surface area contributed by atoms with Crippen molar-refractivity contribution in [2.75, 3.05) is 5.43 Å². The van der Waals surface area contributed by atoms with E-state index in [0.717, 1.165) is 11.1 Å². The minimum absolute atomic E-state index is 0.171. The van der Waals surface area contributed by atoms with Gasteiger partial charge in [-0.2, -0.15) is 0 Å². The van der Waals surface area contributed by atoms with E-state index in [9.17, 15) is 0 Å². The molecule has 1 aromatic carbocycles. The van der Waals surface area contributed by atoms with E-state index in [4.69, 9.17) is 22.2 Å². The maximum Gasteiger partial charge on any atom is 0.227 e. The van der Waals surface area contributed by atoms with Crippen LogP contribution in [0.5, 0.6) is 11.6 Å². The summed E-state index contributed by atoms with van der Waals surface area (Å²) in [4.78, 5) is 8.31. The van der Waals surface area contributed by atoms with E-state index in [0.29, 0.717) is 22.5 Å². The fourth-order valence-electron chi connectivity index (χ4n) is 1.93. The molecule has 0 aliphatic rings. The van der Waals surface area contributed by atoms with Gasteiger partial charge in [-0.05, 0) is 36.6 Å². The lowest BCUT2D eigenvalue weighted by Gasteiger charge is -2.16. The van der Waals surface area contributed by atoms with Gasteiger partial charge in [0.1, 0.15) is 12.1 Å². The molecule has 0 radical (unpaired) electrons. The number of hydrogen-bond acceptors (Lipinski definition) is 5.